The monoisotopic (exact) mass is 434 g/mol. The van der Waals surface area contributed by atoms with Crippen molar-refractivity contribution in [1.29, 1.82) is 0 Å². The number of anilines is 3. The maximum atomic E-state index is 12.1. The topological polar surface area (TPSA) is 66.9 Å². The van der Waals surface area contributed by atoms with Gasteiger partial charge in [0.25, 0.3) is 0 Å². The van der Waals surface area contributed by atoms with Crippen molar-refractivity contribution < 1.29 is 4.79 Å². The molecule has 0 radical (unpaired) electrons. The zero-order valence-electron chi connectivity index (χ0n) is 13.3. The van der Waals surface area contributed by atoms with Gasteiger partial charge in [0.05, 0.1) is 11.4 Å². The van der Waals surface area contributed by atoms with Crippen LogP contribution in [0.25, 0.3) is 0 Å². The highest BCUT2D eigenvalue weighted by Crippen LogP contribution is 2.28. The molecular weight excluding hydrogens is 420 g/mol. The minimum Gasteiger partial charge on any atom is -0.330 e. The Hall–Kier alpha value is -1.90. The molecule has 0 bridgehead atoms. The molecule has 8 heteroatoms. The van der Waals surface area contributed by atoms with Crippen LogP contribution in [0.2, 0.25) is 0 Å². The van der Waals surface area contributed by atoms with Gasteiger partial charge in [-0.2, -0.15) is 0 Å². The Balaban J connectivity index is 1.53. The second-order valence-corrected chi connectivity index (χ2v) is 8.24. The molecule has 3 aromatic rings. The maximum Gasteiger partial charge on any atom is 0.234 e. The van der Waals surface area contributed by atoms with Gasteiger partial charge in [-0.25, -0.2) is 0 Å². The van der Waals surface area contributed by atoms with Crippen molar-refractivity contribution in [2.24, 2.45) is 0 Å². The first-order valence-corrected chi connectivity index (χ1v) is 10.0. The largest absolute Gasteiger partial charge is 0.330 e. The van der Waals surface area contributed by atoms with E-state index >= 15 is 0 Å². The molecule has 128 valence electrons. The van der Waals surface area contributed by atoms with Crippen molar-refractivity contribution in [3.63, 3.8) is 0 Å². The van der Waals surface area contributed by atoms with Gasteiger partial charge in [-0.3, -0.25) is 4.79 Å². The first-order valence-electron chi connectivity index (χ1n) is 7.44. The highest BCUT2D eigenvalue weighted by molar-refractivity contribution is 9.10. The SMILES string of the molecule is Cc1cccc(Nc2nnc(SCC(=O)Nc3ccccc3Br)s2)c1. The summed E-state index contributed by atoms with van der Waals surface area (Å²) in [6, 6.07) is 15.6. The summed E-state index contributed by atoms with van der Waals surface area (Å²) in [7, 11) is 0. The Morgan fingerprint density at radius 2 is 2.04 bits per heavy atom. The van der Waals surface area contributed by atoms with Crippen LogP contribution in [-0.2, 0) is 4.79 Å². The summed E-state index contributed by atoms with van der Waals surface area (Å²) >= 11 is 6.20. The van der Waals surface area contributed by atoms with E-state index in [1.165, 1.54) is 28.7 Å². The van der Waals surface area contributed by atoms with Crippen LogP contribution in [0.3, 0.4) is 0 Å². The van der Waals surface area contributed by atoms with Gasteiger partial charge < -0.3 is 10.6 Å². The molecule has 3 rings (SSSR count). The Morgan fingerprint density at radius 3 is 2.84 bits per heavy atom. The third kappa shape index (κ3) is 5.29. The van der Waals surface area contributed by atoms with Crippen molar-refractivity contribution in [2.45, 2.75) is 11.3 Å². The van der Waals surface area contributed by atoms with Crippen LogP contribution in [0, 0.1) is 6.92 Å². The van der Waals surface area contributed by atoms with Crippen molar-refractivity contribution >= 4 is 61.4 Å². The molecule has 2 N–H and O–H groups in total. The Bertz CT molecular complexity index is 884. The van der Waals surface area contributed by atoms with Crippen LogP contribution < -0.4 is 10.6 Å². The van der Waals surface area contributed by atoms with Gasteiger partial charge in [0, 0.05) is 10.2 Å². The zero-order valence-corrected chi connectivity index (χ0v) is 16.5. The lowest BCUT2D eigenvalue weighted by Gasteiger charge is -2.05. The highest BCUT2D eigenvalue weighted by atomic mass is 79.9. The minimum atomic E-state index is -0.0831. The average molecular weight is 435 g/mol. The molecule has 0 saturated heterocycles. The molecular formula is C17H15BrN4OS2. The number of aryl methyl sites for hydroxylation is 1. The molecule has 0 spiro atoms. The van der Waals surface area contributed by atoms with Crippen LogP contribution in [0.5, 0.6) is 0 Å². The number of hydrogen-bond acceptors (Lipinski definition) is 6. The van der Waals surface area contributed by atoms with Crippen LogP contribution in [-0.4, -0.2) is 21.9 Å². The van der Waals surface area contributed by atoms with E-state index in [2.05, 4.69) is 36.8 Å². The summed E-state index contributed by atoms with van der Waals surface area (Å²) in [6.45, 7) is 2.04. The van der Waals surface area contributed by atoms with E-state index in [4.69, 9.17) is 0 Å². The molecule has 1 heterocycles. The number of thioether (sulfide) groups is 1. The lowest BCUT2D eigenvalue weighted by atomic mass is 10.2. The molecule has 0 unspecified atom stereocenters. The van der Waals surface area contributed by atoms with Crippen molar-refractivity contribution in [3.8, 4) is 0 Å². The second-order valence-electron chi connectivity index (χ2n) is 5.18. The number of nitrogens with one attached hydrogen (secondary N) is 2. The number of rotatable bonds is 6. The third-order valence-electron chi connectivity index (χ3n) is 3.15. The van der Waals surface area contributed by atoms with E-state index in [-0.39, 0.29) is 11.7 Å². The average Bonchev–Trinajstić information content (AvgIpc) is 3.03. The van der Waals surface area contributed by atoms with Crippen LogP contribution in [0.1, 0.15) is 5.56 Å². The number of benzene rings is 2. The number of hydrogen-bond donors (Lipinski definition) is 2. The number of halogens is 1. The fourth-order valence-corrected chi connectivity index (χ4v) is 4.00. The van der Waals surface area contributed by atoms with Gasteiger partial charge in [-0.1, -0.05) is 47.4 Å². The normalized spacial score (nSPS) is 10.5. The van der Waals surface area contributed by atoms with Gasteiger partial charge in [-0.15, -0.1) is 10.2 Å². The predicted octanol–water partition coefficient (Wildman–Crippen LogP) is 5.08. The number of carbonyl (C=O) groups excluding carboxylic acids is 1. The molecule has 0 fully saturated rings. The third-order valence-corrected chi connectivity index (χ3v) is 5.81. The van der Waals surface area contributed by atoms with Crippen LogP contribution in [0.15, 0.2) is 57.3 Å². The molecule has 5 nitrogen and oxygen atoms in total. The highest BCUT2D eigenvalue weighted by Gasteiger charge is 2.10. The molecule has 0 aliphatic heterocycles. The number of amides is 1. The van der Waals surface area contributed by atoms with Crippen molar-refractivity contribution in [3.05, 3.63) is 58.6 Å². The summed E-state index contributed by atoms with van der Waals surface area (Å²) in [6.07, 6.45) is 0. The minimum absolute atomic E-state index is 0.0831. The van der Waals surface area contributed by atoms with Gasteiger partial charge in [0.1, 0.15) is 0 Å². The van der Waals surface area contributed by atoms with E-state index in [9.17, 15) is 4.79 Å². The van der Waals surface area contributed by atoms with E-state index < -0.39 is 0 Å². The fourth-order valence-electron chi connectivity index (χ4n) is 2.04. The molecule has 0 atom stereocenters. The first-order chi connectivity index (χ1) is 12.1. The molecule has 0 saturated carbocycles. The van der Waals surface area contributed by atoms with E-state index in [1.807, 2.05) is 55.5 Å². The Morgan fingerprint density at radius 1 is 1.20 bits per heavy atom. The number of nitrogens with zero attached hydrogens (tertiary/aromatic N) is 2. The van der Waals surface area contributed by atoms with Gasteiger partial charge >= 0.3 is 0 Å². The summed E-state index contributed by atoms with van der Waals surface area (Å²) in [5.74, 6) is 0.195. The molecule has 0 aliphatic carbocycles. The summed E-state index contributed by atoms with van der Waals surface area (Å²) < 4.78 is 1.60. The number of carbonyl (C=O) groups is 1. The molecule has 0 aliphatic rings. The quantitative estimate of drug-likeness (QED) is 0.529. The van der Waals surface area contributed by atoms with Gasteiger partial charge in [0.2, 0.25) is 11.0 Å². The zero-order chi connectivity index (χ0) is 17.6. The van der Waals surface area contributed by atoms with Gasteiger partial charge in [0.15, 0.2) is 4.34 Å². The lowest BCUT2D eigenvalue weighted by molar-refractivity contribution is -0.113. The maximum absolute atomic E-state index is 12.1. The van der Waals surface area contributed by atoms with E-state index in [0.29, 0.717) is 5.13 Å². The second kappa shape index (κ2) is 8.46. The lowest BCUT2D eigenvalue weighted by Crippen LogP contribution is -2.14. The van der Waals surface area contributed by atoms with Crippen molar-refractivity contribution in [2.75, 3.05) is 16.4 Å². The summed E-state index contributed by atoms with van der Waals surface area (Å²) in [5.41, 5.74) is 2.90. The Labute approximate surface area is 162 Å². The fraction of sp³-hybridized carbons (Fsp3) is 0.118. The summed E-state index contributed by atoms with van der Waals surface area (Å²) in [4.78, 5) is 12.1. The standard InChI is InChI=1S/C17H15BrN4OS2/c1-11-5-4-6-12(9-11)19-16-21-22-17(25-16)24-10-15(23)20-14-8-3-2-7-13(14)18/h2-9H,10H2,1H3,(H,19,21)(H,20,23). The predicted molar refractivity (Wildman–Crippen MR) is 108 cm³/mol. The molecule has 1 amide bonds. The van der Waals surface area contributed by atoms with E-state index in [1.54, 1.807) is 0 Å². The Kier molecular flexibility index (Phi) is 6.06. The van der Waals surface area contributed by atoms with E-state index in [0.717, 1.165) is 20.2 Å². The summed E-state index contributed by atoms with van der Waals surface area (Å²) in [5, 5.41) is 15.0. The number of para-hydroxylation sites is 1. The first kappa shape index (κ1) is 17.9. The smallest absolute Gasteiger partial charge is 0.234 e. The number of aromatic nitrogens is 2. The molecule has 2 aromatic carbocycles. The molecule has 1 aromatic heterocycles. The van der Waals surface area contributed by atoms with Crippen molar-refractivity contribution in [1.82, 2.24) is 10.2 Å². The van der Waals surface area contributed by atoms with Crippen LogP contribution >= 0.6 is 39.0 Å². The van der Waals surface area contributed by atoms with Gasteiger partial charge in [-0.05, 0) is 52.7 Å². The van der Waals surface area contributed by atoms with Crippen LogP contribution in [0.4, 0.5) is 16.5 Å². The molecule has 25 heavy (non-hydrogen) atoms.